The molecule has 4 nitrogen and oxygen atoms in total. The molecular formula is C12H9FN4S2. The van der Waals surface area contributed by atoms with E-state index in [1.54, 1.807) is 17.6 Å². The number of halogens is 1. The molecule has 0 atom stereocenters. The molecule has 2 aromatic heterocycles. The topological polar surface area (TPSA) is 50.7 Å². The lowest BCUT2D eigenvalue weighted by Gasteiger charge is -1.98. The van der Waals surface area contributed by atoms with Gasteiger partial charge in [-0.15, -0.1) is 21.5 Å². The molecule has 0 unspecified atom stereocenters. The fraction of sp³-hybridized carbons (Fsp3) is 0.0833. The van der Waals surface area contributed by atoms with Gasteiger partial charge in [0, 0.05) is 10.9 Å². The number of nitrogens with zero attached hydrogens (tertiary/aromatic N) is 3. The Morgan fingerprint density at radius 1 is 1.16 bits per heavy atom. The molecule has 0 saturated carbocycles. The molecule has 0 spiro atoms. The highest BCUT2D eigenvalue weighted by Crippen LogP contribution is 2.24. The Balaban J connectivity index is 1.70. The van der Waals surface area contributed by atoms with Crippen LogP contribution in [0.15, 0.2) is 35.2 Å². The molecule has 96 valence electrons. The lowest BCUT2D eigenvalue weighted by atomic mass is 10.2. The summed E-state index contributed by atoms with van der Waals surface area (Å²) in [5.41, 5.74) is 3.53. The van der Waals surface area contributed by atoms with Gasteiger partial charge >= 0.3 is 0 Å². The zero-order valence-electron chi connectivity index (χ0n) is 9.71. The second-order valence-electron chi connectivity index (χ2n) is 3.75. The van der Waals surface area contributed by atoms with E-state index in [1.807, 2.05) is 5.38 Å². The first-order valence-electron chi connectivity index (χ1n) is 5.51. The van der Waals surface area contributed by atoms with Crippen molar-refractivity contribution in [2.24, 2.45) is 0 Å². The van der Waals surface area contributed by atoms with E-state index in [0.29, 0.717) is 6.54 Å². The van der Waals surface area contributed by atoms with Crippen LogP contribution in [0.2, 0.25) is 0 Å². The summed E-state index contributed by atoms with van der Waals surface area (Å²) in [5, 5.41) is 14.4. The minimum absolute atomic E-state index is 0.238. The third kappa shape index (κ3) is 2.94. The molecule has 1 N–H and O–H groups in total. The first kappa shape index (κ1) is 12.2. The molecule has 7 heteroatoms. The Labute approximate surface area is 117 Å². The summed E-state index contributed by atoms with van der Waals surface area (Å²) < 4.78 is 12.8. The van der Waals surface area contributed by atoms with Crippen LogP contribution in [0, 0.1) is 5.82 Å². The minimum atomic E-state index is -0.238. The maximum Gasteiger partial charge on any atom is 0.205 e. The van der Waals surface area contributed by atoms with Gasteiger partial charge in [-0.25, -0.2) is 9.37 Å². The normalized spacial score (nSPS) is 10.6. The van der Waals surface area contributed by atoms with Crippen LogP contribution in [0.3, 0.4) is 0 Å². The Bertz CT molecular complexity index is 649. The van der Waals surface area contributed by atoms with E-state index in [9.17, 15) is 4.39 Å². The van der Waals surface area contributed by atoms with E-state index in [-0.39, 0.29) is 5.82 Å². The summed E-state index contributed by atoms with van der Waals surface area (Å²) in [6.45, 7) is 0.604. The highest BCUT2D eigenvalue weighted by Gasteiger charge is 2.05. The number of hydrogen-bond acceptors (Lipinski definition) is 6. The molecule has 0 bridgehead atoms. The Morgan fingerprint density at radius 2 is 2.00 bits per heavy atom. The first-order valence-corrected chi connectivity index (χ1v) is 7.27. The third-order valence-electron chi connectivity index (χ3n) is 2.42. The van der Waals surface area contributed by atoms with Crippen molar-refractivity contribution in [2.45, 2.75) is 6.54 Å². The first-order chi connectivity index (χ1) is 9.31. The maximum atomic E-state index is 12.8. The van der Waals surface area contributed by atoms with E-state index in [4.69, 9.17) is 0 Å². The summed E-state index contributed by atoms with van der Waals surface area (Å²) in [6, 6.07) is 6.35. The zero-order chi connectivity index (χ0) is 13.1. The van der Waals surface area contributed by atoms with Gasteiger partial charge < -0.3 is 5.32 Å². The number of aromatic nitrogens is 3. The number of anilines is 1. The molecule has 0 saturated heterocycles. The fourth-order valence-electron chi connectivity index (χ4n) is 1.53. The molecule has 1 aromatic carbocycles. The Hall–Kier alpha value is -1.86. The summed E-state index contributed by atoms with van der Waals surface area (Å²) in [6.07, 6.45) is 0. The SMILES string of the molecule is Fc1ccc(-c2nc(CNc3nncs3)cs2)cc1. The Morgan fingerprint density at radius 3 is 2.74 bits per heavy atom. The molecular weight excluding hydrogens is 283 g/mol. The van der Waals surface area contributed by atoms with Crippen LogP contribution in [0.25, 0.3) is 10.6 Å². The van der Waals surface area contributed by atoms with Crippen LogP contribution >= 0.6 is 22.7 Å². The second kappa shape index (κ2) is 5.41. The van der Waals surface area contributed by atoms with Gasteiger partial charge in [-0.2, -0.15) is 0 Å². The largest absolute Gasteiger partial charge is 0.354 e. The Kier molecular flexibility index (Phi) is 3.47. The van der Waals surface area contributed by atoms with Gasteiger partial charge in [0.2, 0.25) is 5.13 Å². The van der Waals surface area contributed by atoms with Gasteiger partial charge in [-0.3, -0.25) is 0 Å². The molecule has 0 fully saturated rings. The van der Waals surface area contributed by atoms with Crippen molar-refractivity contribution in [3.63, 3.8) is 0 Å². The van der Waals surface area contributed by atoms with Crippen molar-refractivity contribution in [3.05, 3.63) is 46.7 Å². The molecule has 0 aliphatic heterocycles. The van der Waals surface area contributed by atoms with Crippen LogP contribution in [0.1, 0.15) is 5.69 Å². The monoisotopic (exact) mass is 292 g/mol. The van der Waals surface area contributed by atoms with E-state index in [0.717, 1.165) is 21.4 Å². The van der Waals surface area contributed by atoms with Crippen molar-refractivity contribution in [2.75, 3.05) is 5.32 Å². The molecule has 3 aromatic rings. The van der Waals surface area contributed by atoms with Gasteiger partial charge in [0.25, 0.3) is 0 Å². The van der Waals surface area contributed by atoms with E-state index >= 15 is 0 Å². The average molecular weight is 292 g/mol. The van der Waals surface area contributed by atoms with Crippen LogP contribution < -0.4 is 5.32 Å². The number of hydrogen-bond donors (Lipinski definition) is 1. The number of thiazole rings is 1. The predicted octanol–water partition coefficient (Wildman–Crippen LogP) is 3.41. The number of rotatable bonds is 4. The van der Waals surface area contributed by atoms with Crippen molar-refractivity contribution in [1.29, 1.82) is 0 Å². The predicted molar refractivity (Wildman–Crippen MR) is 74.7 cm³/mol. The van der Waals surface area contributed by atoms with Crippen LogP contribution in [-0.2, 0) is 6.54 Å². The molecule has 0 amide bonds. The fourth-order valence-corrected chi connectivity index (χ4v) is 2.80. The van der Waals surface area contributed by atoms with Crippen LogP contribution in [-0.4, -0.2) is 15.2 Å². The minimum Gasteiger partial charge on any atom is -0.354 e. The van der Waals surface area contributed by atoms with Gasteiger partial charge in [0.15, 0.2) is 0 Å². The average Bonchev–Trinajstić information content (AvgIpc) is 3.09. The van der Waals surface area contributed by atoms with Gasteiger partial charge in [-0.1, -0.05) is 11.3 Å². The molecule has 19 heavy (non-hydrogen) atoms. The van der Waals surface area contributed by atoms with Crippen molar-refractivity contribution in [1.82, 2.24) is 15.2 Å². The zero-order valence-corrected chi connectivity index (χ0v) is 11.3. The summed E-state index contributed by atoms with van der Waals surface area (Å²) >= 11 is 2.99. The van der Waals surface area contributed by atoms with Crippen LogP contribution in [0.4, 0.5) is 9.52 Å². The van der Waals surface area contributed by atoms with Crippen molar-refractivity contribution < 1.29 is 4.39 Å². The summed E-state index contributed by atoms with van der Waals surface area (Å²) in [5.74, 6) is -0.238. The lowest BCUT2D eigenvalue weighted by Crippen LogP contribution is -1.99. The molecule has 2 heterocycles. The quantitative estimate of drug-likeness (QED) is 0.800. The van der Waals surface area contributed by atoms with Crippen molar-refractivity contribution in [3.8, 4) is 10.6 Å². The molecule has 3 rings (SSSR count). The number of nitrogens with one attached hydrogen (secondary N) is 1. The summed E-state index contributed by atoms with van der Waals surface area (Å²) in [7, 11) is 0. The van der Waals surface area contributed by atoms with E-state index < -0.39 is 0 Å². The van der Waals surface area contributed by atoms with Gasteiger partial charge in [0.05, 0.1) is 12.2 Å². The summed E-state index contributed by atoms with van der Waals surface area (Å²) in [4.78, 5) is 4.50. The highest BCUT2D eigenvalue weighted by molar-refractivity contribution is 7.13. The number of benzene rings is 1. The van der Waals surface area contributed by atoms with Crippen LogP contribution in [0.5, 0.6) is 0 Å². The maximum absolute atomic E-state index is 12.8. The van der Waals surface area contributed by atoms with Gasteiger partial charge in [-0.05, 0) is 24.3 Å². The van der Waals surface area contributed by atoms with E-state index in [2.05, 4.69) is 20.5 Å². The molecule has 0 aliphatic rings. The second-order valence-corrected chi connectivity index (χ2v) is 5.44. The van der Waals surface area contributed by atoms with E-state index in [1.165, 1.54) is 34.8 Å². The standard InChI is InChI=1S/C12H9FN4S2/c13-9-3-1-8(2-4-9)11-16-10(6-18-11)5-14-12-17-15-7-19-12/h1-4,6-7H,5H2,(H,14,17). The molecule has 0 aliphatic carbocycles. The third-order valence-corrected chi connectivity index (χ3v) is 4.01. The lowest BCUT2D eigenvalue weighted by molar-refractivity contribution is 0.628. The molecule has 0 radical (unpaired) electrons. The highest BCUT2D eigenvalue weighted by atomic mass is 32.1. The van der Waals surface area contributed by atoms with Gasteiger partial charge in [0.1, 0.15) is 16.3 Å². The smallest absolute Gasteiger partial charge is 0.205 e. The van der Waals surface area contributed by atoms with Crippen molar-refractivity contribution >= 4 is 27.8 Å².